The van der Waals surface area contributed by atoms with Crippen LogP contribution in [0, 0.1) is 12.7 Å². The Morgan fingerprint density at radius 2 is 1.89 bits per heavy atom. The summed E-state index contributed by atoms with van der Waals surface area (Å²) in [5.41, 5.74) is 0.626. The lowest BCUT2D eigenvalue weighted by atomic mass is 10.2. The van der Waals surface area contributed by atoms with Crippen molar-refractivity contribution in [2.75, 3.05) is 31.6 Å². The Kier molecular flexibility index (Phi) is 5.81. The van der Waals surface area contributed by atoms with Crippen molar-refractivity contribution in [2.24, 2.45) is 0 Å². The molecule has 0 bridgehead atoms. The van der Waals surface area contributed by atoms with Crippen LogP contribution < -0.4 is 5.32 Å². The van der Waals surface area contributed by atoms with E-state index in [1.807, 2.05) is 0 Å². The van der Waals surface area contributed by atoms with Gasteiger partial charge in [-0.3, -0.25) is 4.79 Å². The van der Waals surface area contributed by atoms with Crippen LogP contribution in [-0.4, -0.2) is 44.9 Å². The number of rotatable bonds is 4. The fourth-order valence-corrected chi connectivity index (χ4v) is 4.57. The predicted octanol–water partition coefficient (Wildman–Crippen LogP) is 3.06. The molecule has 6 nitrogen and oxygen atoms in total. The average molecular weight is 413 g/mol. The summed E-state index contributed by atoms with van der Waals surface area (Å²) in [6.07, 6.45) is 0. The van der Waals surface area contributed by atoms with Crippen LogP contribution in [0.1, 0.15) is 15.9 Å². The molecule has 0 aliphatic carbocycles. The molecule has 2 aromatic carbocycles. The third-order valence-electron chi connectivity index (χ3n) is 4.21. The molecule has 1 fully saturated rings. The Balaban J connectivity index is 1.88. The van der Waals surface area contributed by atoms with Crippen LogP contribution in [0.4, 0.5) is 10.1 Å². The summed E-state index contributed by atoms with van der Waals surface area (Å²) in [5, 5.41) is 2.71. The molecular weight excluding hydrogens is 395 g/mol. The molecule has 1 N–H and O–H groups in total. The van der Waals surface area contributed by atoms with Gasteiger partial charge in [-0.2, -0.15) is 4.31 Å². The van der Waals surface area contributed by atoms with E-state index in [1.165, 1.54) is 22.5 Å². The summed E-state index contributed by atoms with van der Waals surface area (Å²) in [6, 6.07) is 8.27. The van der Waals surface area contributed by atoms with E-state index in [9.17, 15) is 17.6 Å². The highest BCUT2D eigenvalue weighted by Crippen LogP contribution is 2.25. The molecule has 144 valence electrons. The normalized spacial score (nSPS) is 15.5. The van der Waals surface area contributed by atoms with Crippen molar-refractivity contribution in [1.29, 1.82) is 0 Å². The first kappa shape index (κ1) is 19.8. The molecule has 9 heteroatoms. The number of sulfonamides is 1. The van der Waals surface area contributed by atoms with E-state index in [-0.39, 0.29) is 34.3 Å². The Morgan fingerprint density at radius 1 is 1.19 bits per heavy atom. The highest BCUT2D eigenvalue weighted by Gasteiger charge is 2.28. The summed E-state index contributed by atoms with van der Waals surface area (Å²) < 4.78 is 46.2. The fourth-order valence-electron chi connectivity index (χ4n) is 2.75. The van der Waals surface area contributed by atoms with Crippen LogP contribution in [0.5, 0.6) is 0 Å². The van der Waals surface area contributed by atoms with Crippen molar-refractivity contribution in [2.45, 2.75) is 11.8 Å². The monoisotopic (exact) mass is 412 g/mol. The maximum atomic E-state index is 13.9. The lowest BCUT2D eigenvalue weighted by Gasteiger charge is -2.26. The number of hydrogen-bond acceptors (Lipinski definition) is 4. The number of nitrogens with one attached hydrogen (secondary N) is 1. The van der Waals surface area contributed by atoms with Gasteiger partial charge in [-0.15, -0.1) is 0 Å². The third kappa shape index (κ3) is 4.30. The van der Waals surface area contributed by atoms with Gasteiger partial charge >= 0.3 is 0 Å². The predicted molar refractivity (Wildman–Crippen MR) is 100 cm³/mol. The van der Waals surface area contributed by atoms with E-state index in [2.05, 4.69) is 5.32 Å². The zero-order valence-electron chi connectivity index (χ0n) is 14.5. The maximum absolute atomic E-state index is 13.9. The first-order chi connectivity index (χ1) is 12.8. The van der Waals surface area contributed by atoms with E-state index in [0.717, 1.165) is 6.07 Å². The zero-order chi connectivity index (χ0) is 19.6. The molecule has 1 aliphatic rings. The van der Waals surface area contributed by atoms with Gasteiger partial charge in [0.2, 0.25) is 10.0 Å². The van der Waals surface area contributed by atoms with E-state index in [4.69, 9.17) is 16.3 Å². The molecule has 0 atom stereocenters. The van der Waals surface area contributed by atoms with Crippen LogP contribution in [0.2, 0.25) is 5.02 Å². The number of amides is 1. The first-order valence-electron chi connectivity index (χ1n) is 8.24. The van der Waals surface area contributed by atoms with Gasteiger partial charge in [0.05, 0.1) is 23.7 Å². The highest BCUT2D eigenvalue weighted by molar-refractivity contribution is 7.89. The standard InChI is InChI=1S/C18H18ClFN2O4S/c1-12-2-4-14(21-18(23)15-5-3-13(19)10-16(15)20)11-17(12)27(24,25)22-6-8-26-9-7-22/h2-5,10-11H,6-9H2,1H3,(H,21,23). The first-order valence-corrected chi connectivity index (χ1v) is 10.1. The van der Waals surface area contributed by atoms with E-state index in [0.29, 0.717) is 18.8 Å². The van der Waals surface area contributed by atoms with Crippen molar-refractivity contribution in [1.82, 2.24) is 4.31 Å². The van der Waals surface area contributed by atoms with Gasteiger partial charge in [-0.05, 0) is 42.8 Å². The molecule has 27 heavy (non-hydrogen) atoms. The van der Waals surface area contributed by atoms with E-state index in [1.54, 1.807) is 19.1 Å². The second kappa shape index (κ2) is 7.93. The number of halogens is 2. The van der Waals surface area contributed by atoms with Gasteiger partial charge in [0.1, 0.15) is 5.82 Å². The summed E-state index contributed by atoms with van der Waals surface area (Å²) in [4.78, 5) is 12.4. The molecule has 1 amide bonds. The molecule has 0 unspecified atom stereocenters. The smallest absolute Gasteiger partial charge is 0.258 e. The molecule has 0 radical (unpaired) electrons. The van der Waals surface area contributed by atoms with Gasteiger partial charge in [-0.1, -0.05) is 17.7 Å². The molecule has 0 spiro atoms. The van der Waals surface area contributed by atoms with Crippen molar-refractivity contribution >= 4 is 33.2 Å². The SMILES string of the molecule is Cc1ccc(NC(=O)c2ccc(Cl)cc2F)cc1S(=O)(=O)N1CCOCC1. The topological polar surface area (TPSA) is 75.7 Å². The molecule has 2 aromatic rings. The van der Waals surface area contributed by atoms with Crippen molar-refractivity contribution in [3.8, 4) is 0 Å². The lowest BCUT2D eigenvalue weighted by molar-refractivity contribution is 0.0730. The third-order valence-corrected chi connectivity index (χ3v) is 6.49. The molecular formula is C18H18ClFN2O4S. The number of carbonyl (C=O) groups excluding carboxylic acids is 1. The largest absolute Gasteiger partial charge is 0.379 e. The second-order valence-corrected chi connectivity index (χ2v) is 8.42. The van der Waals surface area contributed by atoms with Crippen molar-refractivity contribution in [3.05, 3.63) is 58.4 Å². The van der Waals surface area contributed by atoms with Gasteiger partial charge in [0.15, 0.2) is 0 Å². The number of aryl methyl sites for hydroxylation is 1. The molecule has 1 saturated heterocycles. The lowest BCUT2D eigenvalue weighted by Crippen LogP contribution is -2.40. The van der Waals surface area contributed by atoms with Gasteiger partial charge < -0.3 is 10.1 Å². The molecule has 1 aliphatic heterocycles. The minimum Gasteiger partial charge on any atom is -0.379 e. The average Bonchev–Trinajstić information content (AvgIpc) is 2.63. The number of morpholine rings is 1. The molecule has 0 saturated carbocycles. The Morgan fingerprint density at radius 3 is 2.56 bits per heavy atom. The molecule has 1 heterocycles. The number of anilines is 1. The van der Waals surface area contributed by atoms with Crippen molar-refractivity contribution < 1.29 is 22.3 Å². The van der Waals surface area contributed by atoms with Crippen LogP contribution >= 0.6 is 11.6 Å². The summed E-state index contributed by atoms with van der Waals surface area (Å²) in [6.45, 7) is 2.90. The van der Waals surface area contributed by atoms with Crippen LogP contribution in [0.3, 0.4) is 0 Å². The Labute approximate surface area is 161 Å². The summed E-state index contributed by atoms with van der Waals surface area (Å²) >= 11 is 5.69. The van der Waals surface area contributed by atoms with Crippen LogP contribution in [-0.2, 0) is 14.8 Å². The minimum absolute atomic E-state index is 0.0961. The van der Waals surface area contributed by atoms with Crippen LogP contribution in [0.25, 0.3) is 0 Å². The second-order valence-electron chi connectivity index (χ2n) is 6.08. The quantitative estimate of drug-likeness (QED) is 0.837. The number of benzene rings is 2. The van der Waals surface area contributed by atoms with E-state index >= 15 is 0 Å². The fraction of sp³-hybridized carbons (Fsp3) is 0.278. The summed E-state index contributed by atoms with van der Waals surface area (Å²) in [5.74, 6) is -1.45. The number of nitrogens with zero attached hydrogens (tertiary/aromatic N) is 1. The molecule has 3 rings (SSSR count). The number of ether oxygens (including phenoxy) is 1. The number of hydrogen-bond donors (Lipinski definition) is 1. The zero-order valence-corrected chi connectivity index (χ0v) is 16.1. The van der Waals surface area contributed by atoms with Gasteiger partial charge in [0, 0.05) is 23.8 Å². The Hall–Kier alpha value is -2.00. The molecule has 0 aromatic heterocycles. The Bertz CT molecular complexity index is 975. The number of carbonyl (C=O) groups is 1. The maximum Gasteiger partial charge on any atom is 0.258 e. The summed E-state index contributed by atoms with van der Waals surface area (Å²) in [7, 11) is -3.72. The van der Waals surface area contributed by atoms with Gasteiger partial charge in [-0.25, -0.2) is 12.8 Å². The minimum atomic E-state index is -3.72. The highest BCUT2D eigenvalue weighted by atomic mass is 35.5. The van der Waals surface area contributed by atoms with Gasteiger partial charge in [0.25, 0.3) is 5.91 Å². The van der Waals surface area contributed by atoms with Crippen LogP contribution in [0.15, 0.2) is 41.3 Å². The van der Waals surface area contributed by atoms with E-state index < -0.39 is 21.7 Å². The van der Waals surface area contributed by atoms with Crippen molar-refractivity contribution in [3.63, 3.8) is 0 Å².